The first-order valence-electron chi connectivity index (χ1n) is 6.35. The van der Waals surface area contributed by atoms with Crippen molar-refractivity contribution in [2.45, 2.75) is 6.92 Å². The van der Waals surface area contributed by atoms with E-state index in [0.29, 0.717) is 10.9 Å². The van der Waals surface area contributed by atoms with E-state index in [4.69, 9.17) is 0 Å². The van der Waals surface area contributed by atoms with Gasteiger partial charge in [-0.25, -0.2) is 0 Å². The number of hydrogen-bond acceptors (Lipinski definition) is 2. The third-order valence-corrected chi connectivity index (χ3v) is 3.50. The van der Waals surface area contributed by atoms with Gasteiger partial charge in [-0.05, 0) is 24.6 Å². The van der Waals surface area contributed by atoms with E-state index in [0.717, 1.165) is 23.1 Å². The van der Waals surface area contributed by atoms with Crippen LogP contribution in [0, 0.1) is 6.92 Å². The van der Waals surface area contributed by atoms with Gasteiger partial charge in [-0.3, -0.25) is 14.2 Å². The van der Waals surface area contributed by atoms with Gasteiger partial charge < -0.3 is 4.57 Å². The molecule has 0 amide bonds. The van der Waals surface area contributed by atoms with Gasteiger partial charge in [0.1, 0.15) is 0 Å². The molecule has 0 atom stereocenters. The molecular formula is C16H14N2O2. The quantitative estimate of drug-likeness (QED) is 0.669. The summed E-state index contributed by atoms with van der Waals surface area (Å²) >= 11 is 0. The molecule has 0 N–H and O–H groups in total. The van der Waals surface area contributed by atoms with Gasteiger partial charge in [-0.2, -0.15) is 0 Å². The summed E-state index contributed by atoms with van der Waals surface area (Å²) in [5.41, 5.74) is 2.83. The SMILES string of the molecule is Cc1cn(-c2ccccc2)c(=O)c2c(C=O)cn(C)c12. The average Bonchev–Trinajstić information content (AvgIpc) is 2.81. The molecule has 0 saturated heterocycles. The van der Waals surface area contributed by atoms with Crippen LogP contribution in [-0.4, -0.2) is 15.4 Å². The van der Waals surface area contributed by atoms with Crippen molar-refractivity contribution in [1.29, 1.82) is 0 Å². The molecule has 3 rings (SSSR count). The van der Waals surface area contributed by atoms with E-state index >= 15 is 0 Å². The summed E-state index contributed by atoms with van der Waals surface area (Å²) in [6.45, 7) is 1.94. The van der Waals surface area contributed by atoms with Crippen molar-refractivity contribution in [3.8, 4) is 5.69 Å². The Bertz CT molecular complexity index is 858. The lowest BCUT2D eigenvalue weighted by Gasteiger charge is -2.09. The lowest BCUT2D eigenvalue weighted by molar-refractivity contribution is 0.112. The van der Waals surface area contributed by atoms with Crippen LogP contribution in [0.25, 0.3) is 16.6 Å². The summed E-state index contributed by atoms with van der Waals surface area (Å²) in [7, 11) is 1.84. The number of hydrogen-bond donors (Lipinski definition) is 0. The number of aldehydes is 1. The van der Waals surface area contributed by atoms with Crippen LogP contribution in [0.5, 0.6) is 0 Å². The van der Waals surface area contributed by atoms with E-state index in [1.165, 1.54) is 0 Å². The second-order valence-electron chi connectivity index (χ2n) is 4.86. The van der Waals surface area contributed by atoms with Crippen molar-refractivity contribution in [3.63, 3.8) is 0 Å². The van der Waals surface area contributed by atoms with E-state index in [2.05, 4.69) is 0 Å². The molecular weight excluding hydrogens is 252 g/mol. The van der Waals surface area contributed by atoms with E-state index < -0.39 is 0 Å². The van der Waals surface area contributed by atoms with Crippen molar-refractivity contribution in [1.82, 2.24) is 9.13 Å². The number of benzene rings is 1. The second kappa shape index (κ2) is 4.49. The van der Waals surface area contributed by atoms with E-state index in [-0.39, 0.29) is 5.56 Å². The number of fused-ring (bicyclic) bond motifs is 1. The third-order valence-electron chi connectivity index (χ3n) is 3.50. The van der Waals surface area contributed by atoms with Crippen LogP contribution in [0.4, 0.5) is 0 Å². The molecule has 20 heavy (non-hydrogen) atoms. The van der Waals surface area contributed by atoms with Gasteiger partial charge in [0, 0.05) is 30.7 Å². The predicted octanol–water partition coefficient (Wildman–Crippen LogP) is 2.45. The number of para-hydroxylation sites is 1. The molecule has 0 unspecified atom stereocenters. The monoisotopic (exact) mass is 266 g/mol. The lowest BCUT2D eigenvalue weighted by Crippen LogP contribution is -2.19. The Labute approximate surface area is 115 Å². The first-order valence-corrected chi connectivity index (χ1v) is 6.35. The van der Waals surface area contributed by atoms with Gasteiger partial charge in [0.05, 0.1) is 10.9 Å². The Hall–Kier alpha value is -2.62. The molecule has 100 valence electrons. The molecule has 0 saturated carbocycles. The van der Waals surface area contributed by atoms with Crippen LogP contribution >= 0.6 is 0 Å². The first-order chi connectivity index (χ1) is 9.63. The Balaban J connectivity index is 2.46. The van der Waals surface area contributed by atoms with Crippen molar-refractivity contribution < 1.29 is 4.79 Å². The molecule has 0 radical (unpaired) electrons. The van der Waals surface area contributed by atoms with E-state index in [1.54, 1.807) is 10.8 Å². The van der Waals surface area contributed by atoms with Gasteiger partial charge in [-0.1, -0.05) is 18.2 Å². The average molecular weight is 266 g/mol. The van der Waals surface area contributed by atoms with Gasteiger partial charge >= 0.3 is 0 Å². The largest absolute Gasteiger partial charge is 0.349 e. The molecule has 0 aliphatic carbocycles. The minimum Gasteiger partial charge on any atom is -0.349 e. The van der Waals surface area contributed by atoms with Crippen molar-refractivity contribution >= 4 is 17.2 Å². The molecule has 0 spiro atoms. The van der Waals surface area contributed by atoms with Gasteiger partial charge in [-0.15, -0.1) is 0 Å². The fraction of sp³-hybridized carbons (Fsp3) is 0.125. The zero-order chi connectivity index (χ0) is 14.3. The van der Waals surface area contributed by atoms with Crippen LogP contribution in [0.15, 0.2) is 47.5 Å². The summed E-state index contributed by atoms with van der Waals surface area (Å²) in [5.74, 6) is 0. The molecule has 4 heteroatoms. The molecule has 4 nitrogen and oxygen atoms in total. The summed E-state index contributed by atoms with van der Waals surface area (Å²) < 4.78 is 3.41. The van der Waals surface area contributed by atoms with Gasteiger partial charge in [0.2, 0.25) is 0 Å². The number of carbonyl (C=O) groups excluding carboxylic acids is 1. The van der Waals surface area contributed by atoms with Gasteiger partial charge in [0.25, 0.3) is 5.56 Å². The van der Waals surface area contributed by atoms with Crippen LogP contribution in [0.3, 0.4) is 0 Å². The molecule has 2 aromatic heterocycles. The number of aromatic nitrogens is 2. The van der Waals surface area contributed by atoms with Gasteiger partial charge in [0.15, 0.2) is 6.29 Å². The van der Waals surface area contributed by atoms with Crippen molar-refractivity contribution in [3.05, 3.63) is 64.2 Å². The number of nitrogens with zero attached hydrogens (tertiary/aromatic N) is 2. The van der Waals surface area contributed by atoms with Crippen LogP contribution < -0.4 is 5.56 Å². The maximum Gasteiger partial charge on any atom is 0.265 e. The Morgan fingerprint density at radius 1 is 1.10 bits per heavy atom. The number of rotatable bonds is 2. The Morgan fingerprint density at radius 3 is 2.45 bits per heavy atom. The molecule has 0 aliphatic heterocycles. The number of pyridine rings is 1. The summed E-state index contributed by atoms with van der Waals surface area (Å²) in [6, 6.07) is 9.41. The minimum atomic E-state index is -0.167. The highest BCUT2D eigenvalue weighted by atomic mass is 16.1. The molecule has 0 bridgehead atoms. The number of aryl methyl sites for hydroxylation is 2. The topological polar surface area (TPSA) is 44.0 Å². The van der Waals surface area contributed by atoms with Crippen molar-refractivity contribution in [2.75, 3.05) is 0 Å². The van der Waals surface area contributed by atoms with Crippen LogP contribution in [0.2, 0.25) is 0 Å². The molecule has 0 aliphatic rings. The predicted molar refractivity (Wildman–Crippen MR) is 78.6 cm³/mol. The molecule has 2 heterocycles. The highest BCUT2D eigenvalue weighted by molar-refractivity contribution is 5.98. The molecule has 1 aromatic carbocycles. The second-order valence-corrected chi connectivity index (χ2v) is 4.86. The Morgan fingerprint density at radius 2 is 1.80 bits per heavy atom. The Kier molecular flexibility index (Phi) is 2.79. The summed E-state index contributed by atoms with van der Waals surface area (Å²) in [5, 5.41) is 0.478. The fourth-order valence-electron chi connectivity index (χ4n) is 2.65. The van der Waals surface area contributed by atoms with Crippen molar-refractivity contribution in [2.24, 2.45) is 7.05 Å². The smallest absolute Gasteiger partial charge is 0.265 e. The first kappa shape index (κ1) is 12.4. The van der Waals surface area contributed by atoms with E-state index in [9.17, 15) is 9.59 Å². The minimum absolute atomic E-state index is 0.167. The van der Waals surface area contributed by atoms with E-state index in [1.807, 2.05) is 55.1 Å². The fourth-order valence-corrected chi connectivity index (χ4v) is 2.65. The highest BCUT2D eigenvalue weighted by Crippen LogP contribution is 2.20. The zero-order valence-electron chi connectivity index (χ0n) is 11.3. The highest BCUT2D eigenvalue weighted by Gasteiger charge is 2.15. The van der Waals surface area contributed by atoms with Crippen LogP contribution in [0.1, 0.15) is 15.9 Å². The normalized spacial score (nSPS) is 10.9. The maximum atomic E-state index is 12.7. The molecule has 3 aromatic rings. The van der Waals surface area contributed by atoms with Crippen LogP contribution in [-0.2, 0) is 7.05 Å². The summed E-state index contributed by atoms with van der Waals surface area (Å²) in [6.07, 6.45) is 4.24. The summed E-state index contributed by atoms with van der Waals surface area (Å²) in [4.78, 5) is 23.8. The number of carbonyl (C=O) groups is 1. The standard InChI is InChI=1S/C16H14N2O2/c1-11-8-18(13-6-4-3-5-7-13)16(20)14-12(10-19)9-17(2)15(11)14/h3-10H,1-2H3. The zero-order valence-corrected chi connectivity index (χ0v) is 11.3. The lowest BCUT2D eigenvalue weighted by atomic mass is 10.1. The maximum absolute atomic E-state index is 12.7. The third kappa shape index (κ3) is 1.69. The molecule has 0 fully saturated rings.